The Bertz CT molecular complexity index is 972. The summed E-state index contributed by atoms with van der Waals surface area (Å²) in [5.74, 6) is 1.80. The Hall–Kier alpha value is -2.98. The lowest BCUT2D eigenvalue weighted by atomic mass is 10.1. The van der Waals surface area contributed by atoms with Crippen molar-refractivity contribution in [3.63, 3.8) is 0 Å². The van der Waals surface area contributed by atoms with Crippen molar-refractivity contribution in [3.05, 3.63) is 108 Å². The van der Waals surface area contributed by atoms with Crippen LogP contribution in [0.4, 0.5) is 0 Å². The van der Waals surface area contributed by atoms with Gasteiger partial charge in [0.05, 0.1) is 0 Å². The van der Waals surface area contributed by atoms with Gasteiger partial charge in [0.1, 0.15) is 17.7 Å². The van der Waals surface area contributed by atoms with Gasteiger partial charge in [-0.1, -0.05) is 72.8 Å². The van der Waals surface area contributed by atoms with E-state index in [2.05, 4.69) is 18.2 Å². The molecule has 1 fully saturated rings. The number of rotatable bonds is 6. The first kappa shape index (κ1) is 19.3. The van der Waals surface area contributed by atoms with Crippen LogP contribution in [-0.2, 0) is 11.4 Å². The molecule has 1 saturated heterocycles. The Labute approximate surface area is 176 Å². The van der Waals surface area contributed by atoms with Crippen LogP contribution in [0.25, 0.3) is 6.08 Å². The molecule has 0 aromatic heterocycles. The first-order valence-corrected chi connectivity index (χ1v) is 10.8. The summed E-state index contributed by atoms with van der Waals surface area (Å²) in [7, 11) is 0. The molecule has 1 aliphatic heterocycles. The molecule has 1 unspecified atom stereocenters. The molecule has 1 atom stereocenters. The number of carbonyl (C=O) groups is 1. The van der Waals surface area contributed by atoms with Crippen LogP contribution in [0.2, 0.25) is 0 Å². The smallest absolute Gasteiger partial charge is 0.247 e. The van der Waals surface area contributed by atoms with Crippen molar-refractivity contribution in [2.75, 3.05) is 12.3 Å². The molecular formula is C25H23NO2S. The number of thioether (sulfide) groups is 1. The number of ether oxygens (including phenoxy) is 1. The molecule has 0 bridgehead atoms. The van der Waals surface area contributed by atoms with Gasteiger partial charge in [0, 0.05) is 18.4 Å². The molecule has 1 amide bonds. The maximum absolute atomic E-state index is 12.8. The average molecular weight is 402 g/mol. The van der Waals surface area contributed by atoms with Crippen LogP contribution in [-0.4, -0.2) is 23.1 Å². The Kier molecular flexibility index (Phi) is 6.32. The van der Waals surface area contributed by atoms with Gasteiger partial charge < -0.3 is 9.64 Å². The van der Waals surface area contributed by atoms with Crippen molar-refractivity contribution in [2.24, 2.45) is 0 Å². The van der Waals surface area contributed by atoms with Gasteiger partial charge in [0.2, 0.25) is 5.91 Å². The molecule has 29 heavy (non-hydrogen) atoms. The van der Waals surface area contributed by atoms with E-state index in [0.29, 0.717) is 6.61 Å². The number of hydrogen-bond acceptors (Lipinski definition) is 3. The fraction of sp³-hybridized carbons (Fsp3) is 0.160. The summed E-state index contributed by atoms with van der Waals surface area (Å²) in [6.07, 6.45) is 3.55. The highest BCUT2D eigenvalue weighted by atomic mass is 32.2. The number of nitrogens with zero attached hydrogens (tertiary/aromatic N) is 1. The van der Waals surface area contributed by atoms with E-state index in [9.17, 15) is 4.79 Å². The molecule has 146 valence electrons. The third-order valence-corrected chi connectivity index (χ3v) is 6.04. The maximum atomic E-state index is 12.8. The third-order valence-electron chi connectivity index (χ3n) is 4.78. The van der Waals surface area contributed by atoms with Gasteiger partial charge in [-0.15, -0.1) is 11.8 Å². The van der Waals surface area contributed by atoms with Crippen molar-refractivity contribution in [2.45, 2.75) is 12.0 Å². The fourth-order valence-electron chi connectivity index (χ4n) is 3.30. The number of hydrogen-bond donors (Lipinski definition) is 0. The predicted octanol–water partition coefficient (Wildman–Crippen LogP) is 5.55. The molecule has 0 saturated carbocycles. The van der Waals surface area contributed by atoms with E-state index in [0.717, 1.165) is 34.7 Å². The molecule has 4 rings (SSSR count). The van der Waals surface area contributed by atoms with Crippen LogP contribution >= 0.6 is 11.8 Å². The topological polar surface area (TPSA) is 29.5 Å². The second kappa shape index (κ2) is 9.48. The third kappa shape index (κ3) is 5.09. The second-order valence-electron chi connectivity index (χ2n) is 6.85. The van der Waals surface area contributed by atoms with Crippen LogP contribution in [0.15, 0.2) is 91.0 Å². The highest BCUT2D eigenvalue weighted by molar-refractivity contribution is 7.99. The molecule has 1 aliphatic rings. The summed E-state index contributed by atoms with van der Waals surface area (Å²) >= 11 is 1.79. The minimum atomic E-state index is 0.0169. The van der Waals surface area contributed by atoms with Gasteiger partial charge in [-0.3, -0.25) is 4.79 Å². The molecule has 0 spiro atoms. The SMILES string of the molecule is O=C(C=Cc1ccccc1)N1CCSC1c1cccc(OCc2ccccc2)c1. The highest BCUT2D eigenvalue weighted by Crippen LogP contribution is 2.39. The predicted molar refractivity (Wildman–Crippen MR) is 120 cm³/mol. The lowest BCUT2D eigenvalue weighted by Crippen LogP contribution is -2.28. The van der Waals surface area contributed by atoms with Crippen LogP contribution < -0.4 is 4.74 Å². The molecule has 1 heterocycles. The number of amides is 1. The minimum absolute atomic E-state index is 0.0169. The Balaban J connectivity index is 1.44. The van der Waals surface area contributed by atoms with E-state index in [1.54, 1.807) is 17.8 Å². The van der Waals surface area contributed by atoms with Crippen molar-refractivity contribution in [1.82, 2.24) is 4.90 Å². The summed E-state index contributed by atoms with van der Waals surface area (Å²) in [6, 6.07) is 28.1. The van der Waals surface area contributed by atoms with Gasteiger partial charge in [-0.2, -0.15) is 0 Å². The van der Waals surface area contributed by atoms with Crippen LogP contribution in [0.3, 0.4) is 0 Å². The van der Waals surface area contributed by atoms with Crippen LogP contribution in [0.1, 0.15) is 22.1 Å². The van der Waals surface area contributed by atoms with E-state index >= 15 is 0 Å². The molecule has 4 heteroatoms. The first-order valence-electron chi connectivity index (χ1n) is 9.71. The van der Waals surface area contributed by atoms with Gasteiger partial charge in [-0.05, 0) is 34.9 Å². The summed E-state index contributed by atoms with van der Waals surface area (Å²) in [4.78, 5) is 14.7. The Morgan fingerprint density at radius 2 is 1.76 bits per heavy atom. The Morgan fingerprint density at radius 1 is 1.00 bits per heavy atom. The standard InChI is InChI=1S/C25H23NO2S/c27-24(15-14-20-8-3-1-4-9-20)26-16-17-29-25(26)22-12-7-13-23(18-22)28-19-21-10-5-2-6-11-21/h1-15,18,25H,16-17,19H2. The van der Waals surface area contributed by atoms with Gasteiger partial charge in [0.15, 0.2) is 0 Å². The molecule has 3 aromatic carbocycles. The van der Waals surface area contributed by atoms with Crippen LogP contribution in [0, 0.1) is 0 Å². The van der Waals surface area contributed by atoms with E-state index in [4.69, 9.17) is 4.74 Å². The second-order valence-corrected chi connectivity index (χ2v) is 8.03. The summed E-state index contributed by atoms with van der Waals surface area (Å²) in [5.41, 5.74) is 3.26. The zero-order valence-corrected chi connectivity index (χ0v) is 16.9. The monoisotopic (exact) mass is 401 g/mol. The summed E-state index contributed by atoms with van der Waals surface area (Å²) < 4.78 is 5.97. The Morgan fingerprint density at radius 3 is 2.55 bits per heavy atom. The summed E-state index contributed by atoms with van der Waals surface area (Å²) in [6.45, 7) is 1.28. The lowest BCUT2D eigenvalue weighted by molar-refractivity contribution is -0.126. The number of carbonyl (C=O) groups excluding carboxylic acids is 1. The fourth-order valence-corrected chi connectivity index (χ4v) is 4.55. The summed E-state index contributed by atoms with van der Waals surface area (Å²) in [5, 5.41) is 0.0169. The van der Waals surface area contributed by atoms with E-state index < -0.39 is 0 Å². The minimum Gasteiger partial charge on any atom is -0.489 e. The normalized spacial score (nSPS) is 16.3. The van der Waals surface area contributed by atoms with Gasteiger partial charge >= 0.3 is 0 Å². The van der Waals surface area contributed by atoms with E-state index in [-0.39, 0.29) is 11.3 Å². The molecular weight excluding hydrogens is 378 g/mol. The largest absolute Gasteiger partial charge is 0.489 e. The van der Waals surface area contributed by atoms with E-state index in [1.807, 2.05) is 77.7 Å². The average Bonchev–Trinajstić information content (AvgIpc) is 3.28. The molecule has 3 nitrogen and oxygen atoms in total. The van der Waals surface area contributed by atoms with Crippen molar-refractivity contribution < 1.29 is 9.53 Å². The van der Waals surface area contributed by atoms with Crippen molar-refractivity contribution >= 4 is 23.7 Å². The molecule has 3 aromatic rings. The first-order chi connectivity index (χ1) is 14.3. The van der Waals surface area contributed by atoms with Crippen LogP contribution in [0.5, 0.6) is 5.75 Å². The quantitative estimate of drug-likeness (QED) is 0.507. The molecule has 0 aliphatic carbocycles. The van der Waals surface area contributed by atoms with E-state index in [1.165, 1.54) is 0 Å². The van der Waals surface area contributed by atoms with Gasteiger partial charge in [-0.25, -0.2) is 0 Å². The van der Waals surface area contributed by atoms with Gasteiger partial charge in [0.25, 0.3) is 0 Å². The van der Waals surface area contributed by atoms with Crippen molar-refractivity contribution in [3.8, 4) is 5.75 Å². The maximum Gasteiger partial charge on any atom is 0.247 e. The molecule has 0 radical (unpaired) electrons. The lowest BCUT2D eigenvalue weighted by Gasteiger charge is -2.23. The number of benzene rings is 3. The van der Waals surface area contributed by atoms with Crippen molar-refractivity contribution in [1.29, 1.82) is 0 Å². The molecule has 0 N–H and O–H groups in total. The highest BCUT2D eigenvalue weighted by Gasteiger charge is 2.29. The zero-order chi connectivity index (χ0) is 19.9. The zero-order valence-electron chi connectivity index (χ0n) is 16.1.